The van der Waals surface area contributed by atoms with Crippen molar-refractivity contribution >= 4 is 35.4 Å². The Morgan fingerprint density at radius 3 is 2.52 bits per heavy atom. The lowest BCUT2D eigenvalue weighted by Crippen LogP contribution is -2.12. The smallest absolute Gasteiger partial charge is 0.257 e. The Balaban J connectivity index is 1.68. The van der Waals surface area contributed by atoms with Crippen LogP contribution in [0, 0.1) is 13.8 Å². The number of rotatable bonds is 5. The average Bonchev–Trinajstić information content (AvgIpc) is 2.61. The fraction of sp³-hybridized carbons (Fsp3) is 0.100. The van der Waals surface area contributed by atoms with Gasteiger partial charge < -0.3 is 5.32 Å². The van der Waals surface area contributed by atoms with E-state index >= 15 is 0 Å². The third-order valence-electron chi connectivity index (χ3n) is 3.62. The number of hydrazone groups is 1. The molecule has 0 saturated carbocycles. The van der Waals surface area contributed by atoms with E-state index in [1.807, 2.05) is 38.1 Å². The SMILES string of the molecule is Cc1cc(C)nc(N/N=C\c2cccc(NC(=O)c3ccccc3Cl)c2)n1. The molecule has 0 unspecified atom stereocenters. The molecule has 0 aliphatic carbocycles. The van der Waals surface area contributed by atoms with Crippen molar-refractivity contribution in [3.8, 4) is 0 Å². The minimum atomic E-state index is -0.267. The standard InChI is InChI=1S/C20H18ClN5O/c1-13-10-14(2)24-20(23-13)26-22-12-15-6-5-7-16(11-15)25-19(27)17-8-3-4-9-18(17)21/h3-12H,1-2H3,(H,25,27)(H,23,24,26)/b22-12-. The van der Waals surface area contributed by atoms with Crippen LogP contribution in [0.25, 0.3) is 0 Å². The van der Waals surface area contributed by atoms with E-state index in [4.69, 9.17) is 11.6 Å². The lowest BCUT2D eigenvalue weighted by molar-refractivity contribution is 0.102. The number of anilines is 2. The van der Waals surface area contributed by atoms with Gasteiger partial charge in [0, 0.05) is 17.1 Å². The van der Waals surface area contributed by atoms with Crippen molar-refractivity contribution in [2.75, 3.05) is 10.7 Å². The molecule has 0 aliphatic heterocycles. The third-order valence-corrected chi connectivity index (χ3v) is 3.95. The van der Waals surface area contributed by atoms with Gasteiger partial charge in [0.1, 0.15) is 0 Å². The van der Waals surface area contributed by atoms with Crippen LogP contribution in [-0.4, -0.2) is 22.1 Å². The van der Waals surface area contributed by atoms with E-state index in [0.717, 1.165) is 17.0 Å². The van der Waals surface area contributed by atoms with Gasteiger partial charge in [0.2, 0.25) is 5.95 Å². The fourth-order valence-corrected chi connectivity index (χ4v) is 2.70. The molecular weight excluding hydrogens is 362 g/mol. The van der Waals surface area contributed by atoms with Crippen molar-refractivity contribution < 1.29 is 4.79 Å². The Kier molecular flexibility index (Phi) is 5.78. The number of carbonyl (C=O) groups is 1. The van der Waals surface area contributed by atoms with Crippen molar-refractivity contribution in [3.63, 3.8) is 0 Å². The molecule has 2 aromatic carbocycles. The third kappa shape index (κ3) is 5.12. The first kappa shape index (κ1) is 18.5. The van der Waals surface area contributed by atoms with E-state index in [1.54, 1.807) is 36.5 Å². The van der Waals surface area contributed by atoms with Crippen molar-refractivity contribution in [1.29, 1.82) is 0 Å². The highest BCUT2D eigenvalue weighted by molar-refractivity contribution is 6.34. The summed E-state index contributed by atoms with van der Waals surface area (Å²) in [5, 5.41) is 7.39. The highest BCUT2D eigenvalue weighted by atomic mass is 35.5. The molecule has 0 saturated heterocycles. The minimum Gasteiger partial charge on any atom is -0.322 e. The van der Waals surface area contributed by atoms with Gasteiger partial charge in [-0.3, -0.25) is 4.79 Å². The molecule has 0 aliphatic rings. The van der Waals surface area contributed by atoms with Crippen LogP contribution in [0.2, 0.25) is 5.02 Å². The number of hydrogen-bond acceptors (Lipinski definition) is 5. The second-order valence-corrected chi connectivity index (χ2v) is 6.31. The second kappa shape index (κ2) is 8.42. The van der Waals surface area contributed by atoms with Crippen molar-refractivity contribution in [1.82, 2.24) is 9.97 Å². The molecule has 0 fully saturated rings. The van der Waals surface area contributed by atoms with Gasteiger partial charge in [0.15, 0.2) is 0 Å². The molecule has 1 amide bonds. The van der Waals surface area contributed by atoms with E-state index in [0.29, 0.717) is 22.2 Å². The van der Waals surface area contributed by atoms with Crippen molar-refractivity contribution in [3.05, 3.63) is 82.1 Å². The van der Waals surface area contributed by atoms with Gasteiger partial charge >= 0.3 is 0 Å². The summed E-state index contributed by atoms with van der Waals surface area (Å²) >= 11 is 6.06. The highest BCUT2D eigenvalue weighted by Gasteiger charge is 2.09. The molecule has 0 atom stereocenters. The maximum atomic E-state index is 12.4. The number of hydrogen-bond donors (Lipinski definition) is 2. The largest absolute Gasteiger partial charge is 0.322 e. The maximum Gasteiger partial charge on any atom is 0.257 e. The Morgan fingerprint density at radius 1 is 1.04 bits per heavy atom. The number of carbonyl (C=O) groups excluding carboxylic acids is 1. The van der Waals surface area contributed by atoms with E-state index in [9.17, 15) is 4.79 Å². The van der Waals surface area contributed by atoms with Gasteiger partial charge in [-0.25, -0.2) is 15.4 Å². The molecule has 0 spiro atoms. The molecule has 0 radical (unpaired) electrons. The lowest BCUT2D eigenvalue weighted by Gasteiger charge is -2.07. The van der Waals surface area contributed by atoms with E-state index in [2.05, 4.69) is 25.8 Å². The van der Waals surface area contributed by atoms with E-state index in [-0.39, 0.29) is 5.91 Å². The van der Waals surface area contributed by atoms with Crippen LogP contribution >= 0.6 is 11.6 Å². The Morgan fingerprint density at radius 2 is 1.78 bits per heavy atom. The molecule has 1 aromatic heterocycles. The molecular formula is C20H18ClN5O. The summed E-state index contributed by atoms with van der Waals surface area (Å²) in [5.74, 6) is 0.170. The Labute approximate surface area is 162 Å². The number of nitrogens with one attached hydrogen (secondary N) is 2. The van der Waals surface area contributed by atoms with Crippen LogP contribution in [0.1, 0.15) is 27.3 Å². The quantitative estimate of drug-likeness (QED) is 0.507. The van der Waals surface area contributed by atoms with Gasteiger partial charge in [-0.1, -0.05) is 35.9 Å². The zero-order chi connectivity index (χ0) is 19.2. The van der Waals surface area contributed by atoms with Crippen LogP contribution in [0.4, 0.5) is 11.6 Å². The highest BCUT2D eigenvalue weighted by Crippen LogP contribution is 2.17. The summed E-state index contributed by atoms with van der Waals surface area (Å²) in [6.07, 6.45) is 1.63. The molecule has 2 N–H and O–H groups in total. The lowest BCUT2D eigenvalue weighted by atomic mass is 10.2. The van der Waals surface area contributed by atoms with E-state index < -0.39 is 0 Å². The zero-order valence-electron chi connectivity index (χ0n) is 14.9. The van der Waals surface area contributed by atoms with Gasteiger partial charge in [-0.15, -0.1) is 0 Å². The van der Waals surface area contributed by atoms with Gasteiger partial charge in [-0.2, -0.15) is 5.10 Å². The molecule has 6 nitrogen and oxygen atoms in total. The molecule has 3 rings (SSSR count). The normalized spacial score (nSPS) is 10.8. The monoisotopic (exact) mass is 379 g/mol. The van der Waals surface area contributed by atoms with Crippen LogP contribution in [-0.2, 0) is 0 Å². The van der Waals surface area contributed by atoms with Crippen LogP contribution in [0.15, 0.2) is 59.7 Å². The summed E-state index contributed by atoms with van der Waals surface area (Å²) in [6.45, 7) is 3.80. The topological polar surface area (TPSA) is 79.3 Å². The van der Waals surface area contributed by atoms with Gasteiger partial charge in [0.05, 0.1) is 16.8 Å². The summed E-state index contributed by atoms with van der Waals surface area (Å²) < 4.78 is 0. The maximum absolute atomic E-state index is 12.4. The van der Waals surface area contributed by atoms with E-state index in [1.165, 1.54) is 0 Å². The number of nitrogens with zero attached hydrogens (tertiary/aromatic N) is 3. The van der Waals surface area contributed by atoms with Crippen molar-refractivity contribution in [2.45, 2.75) is 13.8 Å². The van der Waals surface area contributed by atoms with Crippen LogP contribution in [0.3, 0.4) is 0 Å². The summed E-state index contributed by atoms with van der Waals surface area (Å²) in [5.41, 5.74) is 6.42. The first-order valence-corrected chi connectivity index (χ1v) is 8.66. The number of amides is 1. The Hall–Kier alpha value is -3.25. The van der Waals surface area contributed by atoms with Crippen LogP contribution in [0.5, 0.6) is 0 Å². The summed E-state index contributed by atoms with van der Waals surface area (Å²) in [6, 6.07) is 16.1. The predicted molar refractivity (Wildman–Crippen MR) is 109 cm³/mol. The van der Waals surface area contributed by atoms with Crippen LogP contribution < -0.4 is 10.7 Å². The minimum absolute atomic E-state index is 0.267. The predicted octanol–water partition coefficient (Wildman–Crippen LogP) is 4.45. The summed E-state index contributed by atoms with van der Waals surface area (Å²) in [4.78, 5) is 20.9. The molecule has 7 heteroatoms. The molecule has 27 heavy (non-hydrogen) atoms. The van der Waals surface area contributed by atoms with Crippen molar-refractivity contribution in [2.24, 2.45) is 5.10 Å². The Bertz CT molecular complexity index is 983. The molecule has 0 bridgehead atoms. The molecule has 136 valence electrons. The van der Waals surface area contributed by atoms with Gasteiger partial charge in [0.25, 0.3) is 5.91 Å². The molecule has 1 heterocycles. The first-order chi connectivity index (χ1) is 13.0. The number of benzene rings is 2. The molecule has 3 aromatic rings. The zero-order valence-corrected chi connectivity index (χ0v) is 15.7. The number of aromatic nitrogens is 2. The number of halogens is 1. The van der Waals surface area contributed by atoms with Gasteiger partial charge in [-0.05, 0) is 49.7 Å². The number of aryl methyl sites for hydroxylation is 2. The summed E-state index contributed by atoms with van der Waals surface area (Å²) in [7, 11) is 0. The average molecular weight is 380 g/mol. The fourth-order valence-electron chi connectivity index (χ4n) is 2.48. The first-order valence-electron chi connectivity index (χ1n) is 8.28. The second-order valence-electron chi connectivity index (χ2n) is 5.90.